The van der Waals surface area contributed by atoms with Crippen LogP contribution in [-0.2, 0) is 4.79 Å². The van der Waals surface area contributed by atoms with Crippen molar-refractivity contribution in [2.45, 2.75) is 0 Å². The number of hydrogen-bond acceptors (Lipinski definition) is 4. The average Bonchev–Trinajstić information content (AvgIpc) is 2.83. The lowest BCUT2D eigenvalue weighted by Crippen LogP contribution is -2.21. The van der Waals surface area contributed by atoms with Crippen molar-refractivity contribution in [2.75, 3.05) is 14.2 Å². The largest absolute Gasteiger partial charge is 0.497 e. The summed E-state index contributed by atoms with van der Waals surface area (Å²) in [5.41, 5.74) is 4.16. The molecule has 0 heterocycles. The maximum atomic E-state index is 12.5. The molecule has 0 atom stereocenters. The molecule has 0 N–H and O–H groups in total. The minimum absolute atomic E-state index is 0.0803. The SMILES string of the molecule is COc1ccc(C(=CC2=C(Cl)C(=O)C(=O)c3ccccc32)c2ccc(OC)cc2)cc1. The van der Waals surface area contributed by atoms with Crippen molar-refractivity contribution in [2.24, 2.45) is 0 Å². The normalized spacial score (nSPS) is 13.0. The highest BCUT2D eigenvalue weighted by Crippen LogP contribution is 2.36. The van der Waals surface area contributed by atoms with Crippen LogP contribution in [0.25, 0.3) is 11.1 Å². The van der Waals surface area contributed by atoms with Gasteiger partial charge in [0.25, 0.3) is 0 Å². The molecule has 0 spiro atoms. The van der Waals surface area contributed by atoms with Crippen LogP contribution in [0, 0.1) is 0 Å². The molecule has 1 aliphatic carbocycles. The third-order valence-corrected chi connectivity index (χ3v) is 5.57. The molecule has 0 fully saturated rings. The highest BCUT2D eigenvalue weighted by atomic mass is 35.5. The molecule has 0 radical (unpaired) electrons. The van der Waals surface area contributed by atoms with Gasteiger partial charge < -0.3 is 9.47 Å². The first-order valence-electron chi connectivity index (χ1n) is 9.62. The molecule has 31 heavy (non-hydrogen) atoms. The summed E-state index contributed by atoms with van der Waals surface area (Å²) in [5.74, 6) is 0.182. The van der Waals surface area contributed by atoms with Crippen molar-refractivity contribution in [3.63, 3.8) is 0 Å². The van der Waals surface area contributed by atoms with Crippen LogP contribution in [0.4, 0.5) is 0 Å². The number of benzene rings is 3. The molecule has 154 valence electrons. The fourth-order valence-corrected chi connectivity index (χ4v) is 3.78. The van der Waals surface area contributed by atoms with Crippen LogP contribution in [0.3, 0.4) is 0 Å². The molecule has 3 aromatic carbocycles. The van der Waals surface area contributed by atoms with E-state index in [0.717, 1.165) is 28.2 Å². The van der Waals surface area contributed by atoms with E-state index in [0.29, 0.717) is 16.7 Å². The topological polar surface area (TPSA) is 52.6 Å². The van der Waals surface area contributed by atoms with Gasteiger partial charge in [0.1, 0.15) is 11.5 Å². The van der Waals surface area contributed by atoms with Crippen LogP contribution < -0.4 is 9.47 Å². The molecule has 5 heteroatoms. The van der Waals surface area contributed by atoms with Crippen molar-refractivity contribution in [1.82, 2.24) is 0 Å². The second-order valence-corrected chi connectivity index (χ2v) is 7.32. The molecule has 0 saturated heterocycles. The molecule has 0 aliphatic heterocycles. The number of halogens is 1. The maximum absolute atomic E-state index is 12.5. The zero-order valence-corrected chi connectivity index (χ0v) is 17.8. The number of hydrogen-bond donors (Lipinski definition) is 0. The van der Waals surface area contributed by atoms with E-state index in [-0.39, 0.29) is 5.03 Å². The molecule has 0 saturated carbocycles. The van der Waals surface area contributed by atoms with E-state index >= 15 is 0 Å². The lowest BCUT2D eigenvalue weighted by Gasteiger charge is -2.18. The third kappa shape index (κ3) is 3.90. The highest BCUT2D eigenvalue weighted by Gasteiger charge is 2.31. The first kappa shape index (κ1) is 20.6. The summed E-state index contributed by atoms with van der Waals surface area (Å²) in [7, 11) is 3.22. The number of ether oxygens (including phenoxy) is 2. The predicted molar refractivity (Wildman–Crippen MR) is 122 cm³/mol. The molecule has 0 aromatic heterocycles. The van der Waals surface area contributed by atoms with Gasteiger partial charge in [-0.05, 0) is 52.6 Å². The lowest BCUT2D eigenvalue weighted by molar-refractivity contribution is -0.111. The summed E-state index contributed by atoms with van der Waals surface area (Å²) >= 11 is 6.39. The predicted octanol–water partition coefficient (Wildman–Crippen LogP) is 5.55. The number of carbonyl (C=O) groups is 2. The second kappa shape index (κ2) is 8.62. The number of ketones is 2. The Balaban J connectivity index is 1.93. The van der Waals surface area contributed by atoms with Crippen LogP contribution in [0.1, 0.15) is 27.0 Å². The van der Waals surface area contributed by atoms with Gasteiger partial charge in [0.15, 0.2) is 0 Å². The van der Waals surface area contributed by atoms with Crippen LogP contribution in [0.5, 0.6) is 11.5 Å². The summed E-state index contributed by atoms with van der Waals surface area (Å²) in [6, 6.07) is 22.2. The van der Waals surface area contributed by atoms with Gasteiger partial charge in [-0.3, -0.25) is 9.59 Å². The van der Waals surface area contributed by atoms with Crippen molar-refractivity contribution < 1.29 is 19.1 Å². The molecular weight excluding hydrogens is 412 g/mol. The monoisotopic (exact) mass is 430 g/mol. The quantitative estimate of drug-likeness (QED) is 0.498. The van der Waals surface area contributed by atoms with E-state index in [4.69, 9.17) is 21.1 Å². The van der Waals surface area contributed by atoms with Gasteiger partial charge in [-0.15, -0.1) is 0 Å². The fraction of sp³-hybridized carbons (Fsp3) is 0.0769. The number of Topliss-reactive ketones (excluding diaryl/α,β-unsaturated/α-hetero) is 2. The Morgan fingerprint density at radius 3 is 1.68 bits per heavy atom. The first-order valence-corrected chi connectivity index (χ1v) is 10.00. The summed E-state index contributed by atoms with van der Waals surface area (Å²) in [6.45, 7) is 0. The zero-order chi connectivity index (χ0) is 22.0. The number of rotatable bonds is 5. The molecule has 3 aromatic rings. The standard InChI is InChI=1S/C26H19ClO4/c1-30-18-11-7-16(8-12-18)22(17-9-13-19(31-2)14-10-17)15-23-20-5-3-4-6-21(20)25(28)26(29)24(23)27/h3-15H,1-2H3. The van der Waals surface area contributed by atoms with Gasteiger partial charge in [0, 0.05) is 11.1 Å². The van der Waals surface area contributed by atoms with Gasteiger partial charge in [-0.2, -0.15) is 0 Å². The smallest absolute Gasteiger partial charge is 0.245 e. The van der Waals surface area contributed by atoms with Gasteiger partial charge >= 0.3 is 0 Å². The molecule has 4 nitrogen and oxygen atoms in total. The van der Waals surface area contributed by atoms with Gasteiger partial charge in [-0.1, -0.05) is 60.1 Å². The number of methoxy groups -OCH3 is 2. The average molecular weight is 431 g/mol. The third-order valence-electron chi connectivity index (χ3n) is 5.19. The Morgan fingerprint density at radius 2 is 1.19 bits per heavy atom. The van der Waals surface area contributed by atoms with Crippen molar-refractivity contribution in [3.8, 4) is 11.5 Å². The van der Waals surface area contributed by atoms with Crippen LogP contribution >= 0.6 is 11.6 Å². The van der Waals surface area contributed by atoms with Gasteiger partial charge in [0.05, 0.1) is 19.3 Å². The summed E-state index contributed by atoms with van der Waals surface area (Å²) in [5, 5.41) is -0.0803. The van der Waals surface area contributed by atoms with E-state index < -0.39 is 11.6 Å². The summed E-state index contributed by atoms with van der Waals surface area (Å²) in [4.78, 5) is 24.9. The van der Waals surface area contributed by atoms with Crippen molar-refractivity contribution >= 4 is 34.3 Å². The minimum atomic E-state index is -0.699. The fourth-order valence-electron chi connectivity index (χ4n) is 3.54. The minimum Gasteiger partial charge on any atom is -0.497 e. The zero-order valence-electron chi connectivity index (χ0n) is 17.0. The Labute approximate surface area is 185 Å². The van der Waals surface area contributed by atoms with Crippen LogP contribution in [-0.4, -0.2) is 25.8 Å². The maximum Gasteiger partial charge on any atom is 0.245 e. The molecular formula is C26H19ClO4. The van der Waals surface area contributed by atoms with Gasteiger partial charge in [0.2, 0.25) is 11.6 Å². The first-order chi connectivity index (χ1) is 15.0. The lowest BCUT2D eigenvalue weighted by atomic mass is 9.86. The summed E-state index contributed by atoms with van der Waals surface area (Å²) < 4.78 is 10.6. The number of carbonyl (C=O) groups excluding carboxylic acids is 2. The molecule has 0 bridgehead atoms. The van der Waals surface area contributed by atoms with E-state index in [2.05, 4.69) is 0 Å². The number of fused-ring (bicyclic) bond motifs is 1. The number of allylic oxidation sites excluding steroid dienone is 3. The Kier molecular flexibility index (Phi) is 5.74. The molecule has 0 unspecified atom stereocenters. The van der Waals surface area contributed by atoms with E-state index in [1.807, 2.05) is 60.7 Å². The molecule has 1 aliphatic rings. The highest BCUT2D eigenvalue weighted by molar-refractivity contribution is 6.64. The second-order valence-electron chi connectivity index (χ2n) is 6.95. The van der Waals surface area contributed by atoms with Crippen molar-refractivity contribution in [3.05, 3.63) is 106 Å². The molecule has 0 amide bonds. The van der Waals surface area contributed by atoms with E-state index in [9.17, 15) is 9.59 Å². The Morgan fingerprint density at radius 1 is 0.710 bits per heavy atom. The Bertz CT molecular complexity index is 1170. The summed E-state index contributed by atoms with van der Waals surface area (Å²) in [6.07, 6.45) is 1.86. The van der Waals surface area contributed by atoms with Crippen molar-refractivity contribution in [1.29, 1.82) is 0 Å². The van der Waals surface area contributed by atoms with Crippen LogP contribution in [0.15, 0.2) is 83.9 Å². The Hall–Kier alpha value is -3.63. The van der Waals surface area contributed by atoms with Gasteiger partial charge in [-0.25, -0.2) is 0 Å². The van der Waals surface area contributed by atoms with Crippen LogP contribution in [0.2, 0.25) is 0 Å². The van der Waals surface area contributed by atoms with E-state index in [1.54, 1.807) is 32.4 Å². The van der Waals surface area contributed by atoms with E-state index in [1.165, 1.54) is 0 Å². The molecule has 4 rings (SSSR count).